The van der Waals surface area contributed by atoms with Crippen molar-refractivity contribution in [3.63, 3.8) is 0 Å². The van der Waals surface area contributed by atoms with Crippen LogP contribution in [0.2, 0.25) is 0 Å². The summed E-state index contributed by atoms with van der Waals surface area (Å²) in [6, 6.07) is 17.2. The van der Waals surface area contributed by atoms with Gasteiger partial charge in [0.25, 0.3) is 0 Å². The van der Waals surface area contributed by atoms with Gasteiger partial charge in [-0.3, -0.25) is 4.79 Å². The van der Waals surface area contributed by atoms with E-state index in [9.17, 15) is 30.0 Å². The molecule has 12 atom stereocenters. The van der Waals surface area contributed by atoms with E-state index in [-0.39, 0.29) is 11.1 Å². The number of halogens is 1. The van der Waals surface area contributed by atoms with E-state index in [1.165, 1.54) is 13.0 Å². The first-order valence-electron chi connectivity index (χ1n) is 14.9. The van der Waals surface area contributed by atoms with Crippen LogP contribution >= 0.6 is 15.9 Å². The number of Topliss-reactive ketones (excluding diaryl/α,β-unsaturated/α-hetero) is 1. The minimum atomic E-state index is -2.56. The van der Waals surface area contributed by atoms with Crippen molar-refractivity contribution in [3.05, 3.63) is 95.6 Å². The highest BCUT2D eigenvalue weighted by atomic mass is 79.9. The van der Waals surface area contributed by atoms with Crippen molar-refractivity contribution in [1.29, 1.82) is 0 Å². The van der Waals surface area contributed by atoms with E-state index in [1.54, 1.807) is 74.5 Å². The number of aliphatic hydroxyl groups excluding tert-OH is 3. The van der Waals surface area contributed by atoms with Crippen molar-refractivity contribution in [2.24, 2.45) is 17.8 Å². The first-order chi connectivity index (χ1) is 21.3. The van der Waals surface area contributed by atoms with Crippen molar-refractivity contribution >= 4 is 27.7 Å². The van der Waals surface area contributed by atoms with Crippen LogP contribution in [-0.4, -0.2) is 84.3 Å². The summed E-state index contributed by atoms with van der Waals surface area (Å²) in [5.74, 6) is -6.78. The van der Waals surface area contributed by atoms with E-state index in [1.807, 2.05) is 0 Å². The van der Waals surface area contributed by atoms with Gasteiger partial charge in [0.1, 0.15) is 22.6 Å². The highest BCUT2D eigenvalue weighted by Crippen LogP contribution is 2.72. The summed E-state index contributed by atoms with van der Waals surface area (Å²) in [6.07, 6.45) is -4.48. The lowest BCUT2D eigenvalue weighted by molar-refractivity contribution is -0.442. The summed E-state index contributed by atoms with van der Waals surface area (Å²) < 4.78 is 25.0. The van der Waals surface area contributed by atoms with Crippen molar-refractivity contribution in [3.8, 4) is 0 Å². The molecule has 2 aliphatic heterocycles. The lowest BCUT2D eigenvalue weighted by Gasteiger charge is -2.62. The maximum absolute atomic E-state index is 13.9. The largest absolute Gasteiger partial charge is 0.455 e. The SMILES string of the molecule is C=C(C)[C@@]12OC3(c4ccccc4)O[C@@H]1[C@@H]1[C@H](O)[C@](Br)(CO)[C@@H](O)[C@]4(O)C(=O)C(C)=C[C@H]4[C@@]1(O3)[C@H](C)[C@H]2OC(=O)c1ccccc1. The normalized spacial score (nSPS) is 46.2. The molecule has 238 valence electrons. The fraction of sp³-hybridized carbons (Fsp3) is 0.471. The summed E-state index contributed by atoms with van der Waals surface area (Å²) in [5.41, 5.74) is -4.66. The number of esters is 1. The average Bonchev–Trinajstić information content (AvgIpc) is 3.43. The van der Waals surface area contributed by atoms with Crippen LogP contribution in [0, 0.1) is 17.8 Å². The summed E-state index contributed by atoms with van der Waals surface area (Å²) in [6.45, 7) is 8.36. The Bertz CT molecular complexity index is 1620. The molecule has 2 aromatic carbocycles. The Morgan fingerprint density at radius 2 is 1.69 bits per heavy atom. The minimum Gasteiger partial charge on any atom is -0.455 e. The van der Waals surface area contributed by atoms with E-state index in [0.717, 1.165) is 0 Å². The molecular formula is C34H35BrO10. The zero-order valence-electron chi connectivity index (χ0n) is 24.9. The number of carbonyl (C=O) groups is 2. The number of ketones is 1. The Hall–Kier alpha value is -2.74. The van der Waals surface area contributed by atoms with Crippen LogP contribution in [0.5, 0.6) is 0 Å². The molecule has 2 saturated carbocycles. The molecule has 45 heavy (non-hydrogen) atoms. The number of ether oxygens (including phenoxy) is 4. The molecule has 4 N–H and O–H groups in total. The number of hydrogen-bond donors (Lipinski definition) is 4. The minimum absolute atomic E-state index is 0.165. The topological polar surface area (TPSA) is 152 Å². The average molecular weight is 684 g/mol. The van der Waals surface area contributed by atoms with Gasteiger partial charge in [0.05, 0.1) is 23.9 Å². The maximum Gasteiger partial charge on any atom is 0.338 e. The molecule has 5 aliphatic rings. The molecule has 4 fully saturated rings. The highest BCUT2D eigenvalue weighted by Gasteiger charge is 2.87. The van der Waals surface area contributed by atoms with Crippen LogP contribution in [0.4, 0.5) is 0 Å². The van der Waals surface area contributed by atoms with Crippen LogP contribution < -0.4 is 0 Å². The Kier molecular flexibility index (Phi) is 6.78. The van der Waals surface area contributed by atoms with Gasteiger partial charge < -0.3 is 39.4 Å². The quantitative estimate of drug-likeness (QED) is 0.210. The number of benzene rings is 2. The third-order valence-electron chi connectivity index (χ3n) is 10.8. The molecule has 7 rings (SSSR count). The Labute approximate surface area is 268 Å². The van der Waals surface area contributed by atoms with Gasteiger partial charge in [-0.05, 0) is 37.1 Å². The van der Waals surface area contributed by atoms with Crippen molar-refractivity contribution in [2.75, 3.05) is 6.61 Å². The van der Waals surface area contributed by atoms with Crippen molar-refractivity contribution in [1.82, 2.24) is 0 Å². The number of hydrogen-bond acceptors (Lipinski definition) is 10. The standard InChI is InChI=1S/C34H35BrO10/c1-17(2)32-26(42-28(39)20-11-7-5-8-12-20)19(4)33-22-15-18(3)24(37)31(22,41)29(40)30(35,16-36)25(38)23(33)27(32)43-34(44-32,45-33)21-13-9-6-10-14-21/h5-15,19,22-23,25-27,29,36,38,40-41H,1,16H2,2-4H3/t19-,22-,23+,25+,26-,27-,29-,30-,31-,32+,33+,34?/m1/s1. The fourth-order valence-electron chi connectivity index (χ4n) is 8.70. The molecule has 0 spiro atoms. The summed E-state index contributed by atoms with van der Waals surface area (Å²) in [4.78, 5) is 27.6. The Morgan fingerprint density at radius 1 is 1.07 bits per heavy atom. The molecule has 3 bridgehead atoms. The molecule has 3 aliphatic carbocycles. The van der Waals surface area contributed by atoms with Crippen LogP contribution in [0.3, 0.4) is 0 Å². The van der Waals surface area contributed by atoms with Gasteiger partial charge in [-0.15, -0.1) is 0 Å². The molecule has 0 amide bonds. The van der Waals surface area contributed by atoms with Crippen LogP contribution in [0.15, 0.2) is 84.5 Å². The number of carbonyl (C=O) groups excluding carboxylic acids is 2. The summed E-state index contributed by atoms with van der Waals surface area (Å²) in [5, 5.41) is 47.2. The second kappa shape index (κ2) is 9.88. The number of aliphatic hydroxyl groups is 4. The van der Waals surface area contributed by atoms with Gasteiger partial charge in [0.15, 0.2) is 17.0 Å². The molecule has 1 unspecified atom stereocenters. The van der Waals surface area contributed by atoms with Gasteiger partial charge >= 0.3 is 11.9 Å². The van der Waals surface area contributed by atoms with E-state index in [0.29, 0.717) is 11.1 Å². The molecule has 2 saturated heterocycles. The molecular weight excluding hydrogens is 648 g/mol. The molecule has 0 aromatic heterocycles. The molecule has 0 radical (unpaired) electrons. The zero-order chi connectivity index (χ0) is 32.3. The second-order valence-electron chi connectivity index (χ2n) is 13.0. The maximum atomic E-state index is 13.9. The number of rotatable bonds is 5. The van der Waals surface area contributed by atoms with Gasteiger partial charge in [-0.25, -0.2) is 4.79 Å². The zero-order valence-corrected chi connectivity index (χ0v) is 26.5. The summed E-state index contributed by atoms with van der Waals surface area (Å²) >= 11 is 3.37. The van der Waals surface area contributed by atoms with Crippen LogP contribution in [0.1, 0.15) is 36.7 Å². The lowest BCUT2D eigenvalue weighted by atomic mass is 9.52. The van der Waals surface area contributed by atoms with Crippen molar-refractivity contribution < 1.29 is 49.0 Å². The highest BCUT2D eigenvalue weighted by molar-refractivity contribution is 9.10. The third kappa shape index (κ3) is 3.58. The van der Waals surface area contributed by atoms with Crippen LogP contribution in [0.25, 0.3) is 0 Å². The van der Waals surface area contributed by atoms with Gasteiger partial charge in [-0.2, -0.15) is 0 Å². The number of alkyl halides is 1. The van der Waals surface area contributed by atoms with E-state index in [4.69, 9.17) is 18.9 Å². The molecule has 2 heterocycles. The first-order valence-corrected chi connectivity index (χ1v) is 15.7. The predicted octanol–water partition coefficient (Wildman–Crippen LogP) is 2.53. The van der Waals surface area contributed by atoms with Gasteiger partial charge in [-0.1, -0.05) is 84.0 Å². The van der Waals surface area contributed by atoms with Crippen molar-refractivity contribution in [2.45, 2.75) is 72.3 Å². The first kappa shape index (κ1) is 30.9. The van der Waals surface area contributed by atoms with Crippen LogP contribution in [-0.2, 0) is 29.7 Å². The Balaban J connectivity index is 1.54. The van der Waals surface area contributed by atoms with E-state index in [2.05, 4.69) is 22.5 Å². The monoisotopic (exact) mass is 682 g/mol. The third-order valence-corrected chi connectivity index (χ3v) is 12.0. The molecule has 10 nitrogen and oxygen atoms in total. The fourth-order valence-corrected chi connectivity index (χ4v) is 9.34. The van der Waals surface area contributed by atoms with Gasteiger partial charge in [0.2, 0.25) is 0 Å². The second-order valence-corrected chi connectivity index (χ2v) is 14.5. The molecule has 2 aromatic rings. The van der Waals surface area contributed by atoms with Gasteiger partial charge in [0, 0.05) is 23.3 Å². The van der Waals surface area contributed by atoms with E-state index < -0.39 is 87.6 Å². The Morgan fingerprint density at radius 3 is 2.29 bits per heavy atom. The summed E-state index contributed by atoms with van der Waals surface area (Å²) in [7, 11) is 0. The van der Waals surface area contributed by atoms with E-state index >= 15 is 0 Å². The lowest BCUT2D eigenvalue weighted by Crippen LogP contribution is -2.77. The number of fused-ring (bicyclic) bond motifs is 2. The predicted molar refractivity (Wildman–Crippen MR) is 162 cm³/mol. The molecule has 11 heteroatoms. The smallest absolute Gasteiger partial charge is 0.338 e.